The van der Waals surface area contributed by atoms with Crippen molar-refractivity contribution in [1.82, 2.24) is 10.2 Å². The van der Waals surface area contributed by atoms with Crippen molar-refractivity contribution in [3.05, 3.63) is 29.3 Å². The summed E-state index contributed by atoms with van der Waals surface area (Å²) < 4.78 is 0. The monoisotopic (exact) mass is 401 g/mol. The van der Waals surface area contributed by atoms with Crippen LogP contribution in [0.1, 0.15) is 56.6 Å². The third-order valence-corrected chi connectivity index (χ3v) is 8.16. The maximum Gasteiger partial charge on any atom is 0.237 e. The van der Waals surface area contributed by atoms with Crippen LogP contribution in [0.5, 0.6) is 5.75 Å². The van der Waals surface area contributed by atoms with E-state index in [2.05, 4.69) is 17.1 Å². The Bertz CT molecular complexity index is 809. The average molecular weight is 402 g/mol. The molecule has 6 heteroatoms. The highest BCUT2D eigenvalue weighted by atomic mass is 16.3. The maximum absolute atomic E-state index is 12.8. The van der Waals surface area contributed by atoms with Crippen LogP contribution in [0.4, 0.5) is 0 Å². The van der Waals surface area contributed by atoms with Gasteiger partial charge < -0.3 is 26.2 Å². The van der Waals surface area contributed by atoms with E-state index in [0.29, 0.717) is 25.2 Å². The Hall–Kier alpha value is -1.63. The molecule has 6 nitrogen and oxygen atoms in total. The molecule has 1 aromatic rings. The van der Waals surface area contributed by atoms with E-state index < -0.39 is 16.6 Å². The van der Waals surface area contributed by atoms with Gasteiger partial charge in [0.2, 0.25) is 5.91 Å². The van der Waals surface area contributed by atoms with Gasteiger partial charge in [0.25, 0.3) is 0 Å². The number of phenols is 1. The van der Waals surface area contributed by atoms with Gasteiger partial charge in [0, 0.05) is 11.5 Å². The number of hydrogen-bond acceptors (Lipinski definition) is 5. The van der Waals surface area contributed by atoms with Crippen LogP contribution in [0.3, 0.4) is 0 Å². The summed E-state index contributed by atoms with van der Waals surface area (Å²) in [4.78, 5) is 14.8. The van der Waals surface area contributed by atoms with E-state index in [1.807, 2.05) is 20.2 Å². The minimum Gasteiger partial charge on any atom is -0.508 e. The molecule has 0 aliphatic heterocycles. The highest BCUT2D eigenvalue weighted by molar-refractivity contribution is 5.85. The average Bonchev–Trinajstić information content (AvgIpc) is 3.45. The molecule has 1 aromatic carbocycles. The zero-order valence-electron chi connectivity index (χ0n) is 17.9. The van der Waals surface area contributed by atoms with Crippen molar-refractivity contribution < 1.29 is 15.0 Å². The van der Waals surface area contributed by atoms with Crippen molar-refractivity contribution in [1.29, 1.82) is 0 Å². The molecule has 5 N–H and O–H groups in total. The first-order valence-electron chi connectivity index (χ1n) is 10.9. The van der Waals surface area contributed by atoms with Crippen LogP contribution in [0.15, 0.2) is 18.2 Å². The molecule has 4 atom stereocenters. The van der Waals surface area contributed by atoms with Gasteiger partial charge in [0.15, 0.2) is 0 Å². The lowest BCUT2D eigenvalue weighted by molar-refractivity contribution is -0.148. The number of hydrogen-bond donors (Lipinski definition) is 4. The Labute approximate surface area is 173 Å². The summed E-state index contributed by atoms with van der Waals surface area (Å²) in [6.07, 6.45) is 5.46. The smallest absolute Gasteiger partial charge is 0.237 e. The largest absolute Gasteiger partial charge is 0.508 e. The fraction of sp³-hybridized carbons (Fsp3) is 0.696. The lowest BCUT2D eigenvalue weighted by Crippen LogP contribution is -2.71. The molecule has 1 spiro atoms. The number of amides is 1. The van der Waals surface area contributed by atoms with Gasteiger partial charge in [0.05, 0.1) is 11.1 Å². The van der Waals surface area contributed by atoms with Crippen molar-refractivity contribution in [2.75, 3.05) is 20.6 Å². The molecule has 0 aromatic heterocycles. The number of rotatable bonds is 6. The molecule has 2 saturated carbocycles. The second-order valence-electron chi connectivity index (χ2n) is 9.93. The second kappa shape index (κ2) is 6.96. The van der Waals surface area contributed by atoms with E-state index in [1.54, 1.807) is 12.1 Å². The predicted octanol–water partition coefficient (Wildman–Crippen LogP) is 1.67. The summed E-state index contributed by atoms with van der Waals surface area (Å²) in [6, 6.07) is 5.36. The van der Waals surface area contributed by atoms with Gasteiger partial charge in [-0.3, -0.25) is 4.79 Å². The number of primary amides is 1. The van der Waals surface area contributed by atoms with Crippen molar-refractivity contribution in [3.63, 3.8) is 0 Å². The number of nitrogens with two attached hydrogens (primary N) is 1. The highest BCUT2D eigenvalue weighted by Crippen LogP contribution is 2.58. The van der Waals surface area contributed by atoms with Crippen LogP contribution < -0.4 is 11.1 Å². The normalized spacial score (nSPS) is 35.1. The molecule has 0 radical (unpaired) electrons. The van der Waals surface area contributed by atoms with Gasteiger partial charge in [-0.15, -0.1) is 0 Å². The van der Waals surface area contributed by atoms with Crippen LogP contribution in [-0.4, -0.2) is 58.8 Å². The standard InChI is InChI=1S/C23H35N3O3/c1-15(26(2)3)23(29)11-10-22(20(24)28,25-13-16-4-5-16)14-21(23)9-8-17-6-7-18(27)12-19(17)21/h6-7,12,15-16,25,27,29H,4-5,8-11,13-14H2,1-3H3,(H2,24,28). The topological polar surface area (TPSA) is 98.8 Å². The van der Waals surface area contributed by atoms with Gasteiger partial charge in [-0.1, -0.05) is 6.07 Å². The Morgan fingerprint density at radius 3 is 2.66 bits per heavy atom. The third kappa shape index (κ3) is 3.16. The van der Waals surface area contributed by atoms with Crippen LogP contribution in [0, 0.1) is 5.92 Å². The molecule has 1 amide bonds. The first-order chi connectivity index (χ1) is 13.6. The lowest BCUT2D eigenvalue weighted by atomic mass is 9.53. The van der Waals surface area contributed by atoms with E-state index >= 15 is 0 Å². The van der Waals surface area contributed by atoms with Crippen molar-refractivity contribution in [2.24, 2.45) is 11.7 Å². The number of aromatic hydroxyl groups is 1. The van der Waals surface area contributed by atoms with E-state index in [0.717, 1.165) is 30.5 Å². The Balaban J connectivity index is 1.82. The lowest BCUT2D eigenvalue weighted by Gasteiger charge is -2.58. The zero-order chi connectivity index (χ0) is 21.0. The van der Waals surface area contributed by atoms with Gasteiger partial charge in [-0.05, 0) is 102 Å². The van der Waals surface area contributed by atoms with Gasteiger partial charge >= 0.3 is 0 Å². The molecule has 160 valence electrons. The van der Waals surface area contributed by atoms with E-state index in [1.165, 1.54) is 12.8 Å². The molecule has 2 fully saturated rings. The Kier molecular flexibility index (Phi) is 4.95. The molecule has 0 bridgehead atoms. The minimum absolute atomic E-state index is 0.106. The maximum atomic E-state index is 12.8. The molecule has 3 aliphatic carbocycles. The summed E-state index contributed by atoms with van der Waals surface area (Å²) in [5.41, 5.74) is 5.64. The van der Waals surface area contributed by atoms with E-state index in [-0.39, 0.29) is 17.7 Å². The molecular formula is C23H35N3O3. The number of phenolic OH excluding ortho intramolecular Hbond substituents is 1. The number of nitrogens with zero attached hydrogens (tertiary/aromatic N) is 1. The van der Waals surface area contributed by atoms with Gasteiger partial charge in [-0.25, -0.2) is 0 Å². The number of fused-ring (bicyclic) bond motifs is 2. The first kappa shape index (κ1) is 20.6. The van der Waals surface area contributed by atoms with Crippen molar-refractivity contribution >= 4 is 5.91 Å². The fourth-order valence-electron chi connectivity index (χ4n) is 5.89. The summed E-state index contributed by atoms with van der Waals surface area (Å²) in [7, 11) is 3.96. The fourth-order valence-corrected chi connectivity index (χ4v) is 5.89. The molecule has 4 rings (SSSR count). The zero-order valence-corrected chi connectivity index (χ0v) is 17.9. The summed E-state index contributed by atoms with van der Waals surface area (Å²) in [6.45, 7) is 2.85. The quantitative estimate of drug-likeness (QED) is 0.581. The summed E-state index contributed by atoms with van der Waals surface area (Å²) in [5.74, 6) is 0.500. The van der Waals surface area contributed by atoms with E-state index in [9.17, 15) is 15.0 Å². The van der Waals surface area contributed by atoms with Crippen molar-refractivity contribution in [2.45, 2.75) is 74.5 Å². The van der Waals surface area contributed by atoms with Crippen LogP contribution >= 0.6 is 0 Å². The Morgan fingerprint density at radius 1 is 1.31 bits per heavy atom. The van der Waals surface area contributed by atoms with Crippen LogP contribution in [0.2, 0.25) is 0 Å². The van der Waals surface area contributed by atoms with Crippen LogP contribution in [0.25, 0.3) is 0 Å². The first-order valence-corrected chi connectivity index (χ1v) is 10.9. The Morgan fingerprint density at radius 2 is 2.03 bits per heavy atom. The second-order valence-corrected chi connectivity index (χ2v) is 9.93. The molecule has 4 unspecified atom stereocenters. The SMILES string of the molecule is CC(N(C)C)C1(O)CCC(NCC2CC2)(C(N)=O)CC12CCc1ccc(O)cc12. The summed E-state index contributed by atoms with van der Waals surface area (Å²) in [5, 5.41) is 26.0. The summed E-state index contributed by atoms with van der Waals surface area (Å²) >= 11 is 0. The molecule has 0 heterocycles. The predicted molar refractivity (Wildman–Crippen MR) is 113 cm³/mol. The molecule has 0 saturated heterocycles. The number of carbonyl (C=O) groups excluding carboxylic acids is 1. The molecule has 3 aliphatic rings. The number of carbonyl (C=O) groups is 1. The van der Waals surface area contributed by atoms with Gasteiger partial charge in [-0.2, -0.15) is 0 Å². The number of benzene rings is 1. The van der Waals surface area contributed by atoms with Crippen molar-refractivity contribution in [3.8, 4) is 5.75 Å². The van der Waals surface area contributed by atoms with E-state index in [4.69, 9.17) is 5.73 Å². The number of aliphatic hydroxyl groups is 1. The minimum atomic E-state index is -1.02. The molecular weight excluding hydrogens is 366 g/mol. The number of aryl methyl sites for hydroxylation is 1. The highest BCUT2D eigenvalue weighted by Gasteiger charge is 2.64. The number of likely N-dealkylation sites (N-methyl/N-ethyl adjacent to an activating group) is 1. The number of nitrogens with one attached hydrogen (secondary N) is 1. The van der Waals surface area contributed by atoms with Gasteiger partial charge in [0.1, 0.15) is 5.75 Å². The van der Waals surface area contributed by atoms with Crippen LogP contribution in [-0.2, 0) is 16.6 Å². The third-order valence-electron chi connectivity index (χ3n) is 8.16. The molecule has 29 heavy (non-hydrogen) atoms.